The van der Waals surface area contributed by atoms with Crippen LogP contribution in [0.4, 0.5) is 4.39 Å². The van der Waals surface area contributed by atoms with Gasteiger partial charge in [-0.15, -0.1) is 11.3 Å². The maximum atomic E-state index is 13.5. The average Bonchev–Trinajstić information content (AvgIpc) is 3.35. The number of hydrogen-bond donors (Lipinski definition) is 0. The zero-order chi connectivity index (χ0) is 18.8. The molecule has 1 aliphatic rings. The van der Waals surface area contributed by atoms with Crippen LogP contribution in [-0.2, 0) is 6.54 Å². The van der Waals surface area contributed by atoms with Gasteiger partial charge in [-0.25, -0.2) is 4.39 Å². The third kappa shape index (κ3) is 4.10. The number of hydrogen-bond acceptors (Lipinski definition) is 6. The number of benzene rings is 1. The van der Waals surface area contributed by atoms with Crippen molar-refractivity contribution in [3.63, 3.8) is 0 Å². The van der Waals surface area contributed by atoms with Gasteiger partial charge in [0.05, 0.1) is 17.0 Å². The van der Waals surface area contributed by atoms with Crippen LogP contribution in [0, 0.1) is 5.82 Å². The van der Waals surface area contributed by atoms with Crippen LogP contribution in [0.5, 0.6) is 0 Å². The minimum Gasteiger partial charge on any atom is -0.338 e. The largest absolute Gasteiger partial charge is 0.338 e. The van der Waals surface area contributed by atoms with Crippen LogP contribution in [0.15, 0.2) is 44.7 Å². The van der Waals surface area contributed by atoms with Gasteiger partial charge in [0.1, 0.15) is 5.82 Å². The second kappa shape index (κ2) is 7.87. The molecule has 0 spiro atoms. The van der Waals surface area contributed by atoms with E-state index in [1.54, 1.807) is 22.3 Å². The van der Waals surface area contributed by atoms with Crippen LogP contribution in [0.3, 0.4) is 0 Å². The summed E-state index contributed by atoms with van der Waals surface area (Å²) in [6.45, 7) is 3.05. The Morgan fingerprint density at radius 1 is 1.26 bits per heavy atom. The van der Waals surface area contributed by atoms with E-state index in [9.17, 15) is 9.18 Å². The van der Waals surface area contributed by atoms with E-state index < -0.39 is 5.82 Å². The van der Waals surface area contributed by atoms with Crippen molar-refractivity contribution >= 4 is 33.2 Å². The van der Waals surface area contributed by atoms with Crippen molar-refractivity contribution in [2.45, 2.75) is 6.54 Å². The fourth-order valence-electron chi connectivity index (χ4n) is 2.96. The van der Waals surface area contributed by atoms with Gasteiger partial charge >= 0.3 is 0 Å². The molecule has 0 atom stereocenters. The maximum Gasteiger partial charge on any atom is 0.255 e. The third-order valence-electron chi connectivity index (χ3n) is 4.39. The zero-order valence-electron chi connectivity index (χ0n) is 14.3. The number of nitrogens with zero attached hydrogens (tertiary/aromatic N) is 4. The summed E-state index contributed by atoms with van der Waals surface area (Å²) in [6, 6.07) is 8.05. The molecule has 1 amide bonds. The molecule has 0 radical (unpaired) electrons. The Hall–Kier alpha value is -2.10. The monoisotopic (exact) mass is 450 g/mol. The molecule has 0 unspecified atom stereocenters. The van der Waals surface area contributed by atoms with Gasteiger partial charge in [-0.1, -0.05) is 11.2 Å². The van der Waals surface area contributed by atoms with Gasteiger partial charge in [0.25, 0.3) is 5.91 Å². The SMILES string of the molecule is O=C(c1cc(F)ccc1Br)N1CCN(Cc2nc(-c3cccs3)no2)CC1. The Labute approximate surface area is 167 Å². The Bertz CT molecular complexity index is 939. The maximum absolute atomic E-state index is 13.5. The summed E-state index contributed by atoms with van der Waals surface area (Å²) in [7, 11) is 0. The molecule has 2 aromatic heterocycles. The molecule has 9 heteroatoms. The van der Waals surface area contributed by atoms with Crippen LogP contribution >= 0.6 is 27.3 Å². The number of halogens is 2. The quantitative estimate of drug-likeness (QED) is 0.606. The topological polar surface area (TPSA) is 62.5 Å². The minimum absolute atomic E-state index is 0.168. The highest BCUT2D eigenvalue weighted by molar-refractivity contribution is 9.10. The first-order valence-corrected chi connectivity index (χ1v) is 10.1. The van der Waals surface area contributed by atoms with E-state index in [-0.39, 0.29) is 5.91 Å². The van der Waals surface area contributed by atoms with Crippen LogP contribution in [0.25, 0.3) is 10.7 Å². The van der Waals surface area contributed by atoms with Gasteiger partial charge in [-0.05, 0) is 45.6 Å². The van der Waals surface area contributed by atoms with Crippen molar-refractivity contribution in [1.82, 2.24) is 19.9 Å². The van der Waals surface area contributed by atoms with Crippen LogP contribution in [0.2, 0.25) is 0 Å². The lowest BCUT2D eigenvalue weighted by molar-refractivity contribution is 0.0613. The molecule has 1 aliphatic heterocycles. The molecular weight excluding hydrogens is 435 g/mol. The van der Waals surface area contributed by atoms with Gasteiger partial charge in [-0.2, -0.15) is 4.98 Å². The average molecular weight is 451 g/mol. The number of piperazine rings is 1. The first-order valence-electron chi connectivity index (χ1n) is 8.43. The molecule has 1 aromatic carbocycles. The van der Waals surface area contributed by atoms with Crippen LogP contribution in [0.1, 0.15) is 16.2 Å². The lowest BCUT2D eigenvalue weighted by Crippen LogP contribution is -2.48. The van der Waals surface area contributed by atoms with Gasteiger partial charge in [-0.3, -0.25) is 9.69 Å². The number of rotatable bonds is 4. The minimum atomic E-state index is -0.418. The van der Waals surface area contributed by atoms with Crippen LogP contribution in [-0.4, -0.2) is 52.0 Å². The van der Waals surface area contributed by atoms with Crippen molar-refractivity contribution in [3.05, 3.63) is 57.5 Å². The van der Waals surface area contributed by atoms with Gasteiger partial charge < -0.3 is 9.42 Å². The molecule has 140 valence electrons. The standard InChI is InChI=1S/C18H16BrFN4O2S/c19-14-4-3-12(20)10-13(14)18(25)24-7-5-23(6-8-24)11-16-21-17(22-26-16)15-2-1-9-27-15/h1-4,9-10H,5-8,11H2. The molecule has 1 saturated heterocycles. The Morgan fingerprint density at radius 2 is 2.07 bits per heavy atom. The second-order valence-electron chi connectivity index (χ2n) is 6.18. The van der Waals surface area contributed by atoms with E-state index >= 15 is 0 Å². The molecule has 3 heterocycles. The summed E-state index contributed by atoms with van der Waals surface area (Å²) in [5.74, 6) is 0.577. The normalized spacial score (nSPS) is 15.3. The second-order valence-corrected chi connectivity index (χ2v) is 7.98. The summed E-state index contributed by atoms with van der Waals surface area (Å²) < 4.78 is 19.4. The summed E-state index contributed by atoms with van der Waals surface area (Å²) in [6.07, 6.45) is 0. The molecule has 0 aliphatic carbocycles. The van der Waals surface area contributed by atoms with Crippen molar-refractivity contribution < 1.29 is 13.7 Å². The fourth-order valence-corrected chi connectivity index (χ4v) is 4.02. The highest BCUT2D eigenvalue weighted by Crippen LogP contribution is 2.23. The molecule has 0 N–H and O–H groups in total. The fraction of sp³-hybridized carbons (Fsp3) is 0.278. The van der Waals surface area contributed by atoms with E-state index in [2.05, 4.69) is 31.0 Å². The molecule has 0 bridgehead atoms. The third-order valence-corrected chi connectivity index (χ3v) is 5.94. The van der Waals surface area contributed by atoms with Crippen molar-refractivity contribution in [3.8, 4) is 10.7 Å². The van der Waals surface area contributed by atoms with E-state index in [0.717, 1.165) is 4.88 Å². The van der Waals surface area contributed by atoms with Gasteiger partial charge in [0.15, 0.2) is 0 Å². The smallest absolute Gasteiger partial charge is 0.255 e. The number of thiophene rings is 1. The van der Waals surface area contributed by atoms with Crippen molar-refractivity contribution in [2.24, 2.45) is 0 Å². The summed E-state index contributed by atoms with van der Waals surface area (Å²) in [5.41, 5.74) is 0.348. The van der Waals surface area contributed by atoms with Crippen molar-refractivity contribution in [1.29, 1.82) is 0 Å². The van der Waals surface area contributed by atoms with E-state index in [1.807, 2.05) is 17.5 Å². The summed E-state index contributed by atoms with van der Waals surface area (Å²) in [4.78, 5) is 21.9. The molecule has 6 nitrogen and oxygen atoms in total. The first-order chi connectivity index (χ1) is 13.1. The zero-order valence-corrected chi connectivity index (χ0v) is 16.7. The molecule has 3 aromatic rings. The number of carbonyl (C=O) groups excluding carboxylic acids is 1. The number of aromatic nitrogens is 2. The highest BCUT2D eigenvalue weighted by atomic mass is 79.9. The number of carbonyl (C=O) groups is 1. The molecule has 4 rings (SSSR count). The van der Waals surface area contributed by atoms with E-state index in [0.29, 0.717) is 54.5 Å². The molecule has 1 fully saturated rings. The van der Waals surface area contributed by atoms with Crippen molar-refractivity contribution in [2.75, 3.05) is 26.2 Å². The molecule has 0 saturated carbocycles. The first kappa shape index (κ1) is 18.3. The van der Waals surface area contributed by atoms with Gasteiger partial charge in [0, 0.05) is 30.7 Å². The lowest BCUT2D eigenvalue weighted by Gasteiger charge is -2.34. The summed E-state index contributed by atoms with van der Waals surface area (Å²) >= 11 is 4.89. The predicted molar refractivity (Wildman–Crippen MR) is 103 cm³/mol. The molecule has 27 heavy (non-hydrogen) atoms. The van der Waals surface area contributed by atoms with Crippen LogP contribution < -0.4 is 0 Å². The Kier molecular flexibility index (Phi) is 5.33. The molecular formula is C18H16BrFN4O2S. The number of amides is 1. The van der Waals surface area contributed by atoms with E-state index in [1.165, 1.54) is 12.1 Å². The van der Waals surface area contributed by atoms with E-state index in [4.69, 9.17) is 4.52 Å². The van der Waals surface area contributed by atoms with Gasteiger partial charge in [0.2, 0.25) is 11.7 Å². The predicted octanol–water partition coefficient (Wildman–Crippen LogP) is 3.66. The highest BCUT2D eigenvalue weighted by Gasteiger charge is 2.25. The summed E-state index contributed by atoms with van der Waals surface area (Å²) in [5, 5.41) is 5.99. The Balaban J connectivity index is 1.35. The lowest BCUT2D eigenvalue weighted by atomic mass is 10.1. The Morgan fingerprint density at radius 3 is 2.81 bits per heavy atom.